The van der Waals surface area contributed by atoms with E-state index in [-0.39, 0.29) is 18.9 Å². The lowest BCUT2D eigenvalue weighted by molar-refractivity contribution is -0.194. The van der Waals surface area contributed by atoms with E-state index in [1.54, 1.807) is 20.8 Å². The van der Waals surface area contributed by atoms with Crippen LogP contribution in [0.25, 0.3) is 0 Å². The largest absolute Gasteiger partial charge is 0.462 e. The van der Waals surface area contributed by atoms with Crippen molar-refractivity contribution in [3.63, 3.8) is 0 Å². The average Bonchev–Trinajstić information content (AvgIpc) is 3.18. The molecule has 0 aromatic rings. The molecule has 3 aliphatic rings. The van der Waals surface area contributed by atoms with Crippen molar-refractivity contribution in [3.8, 4) is 0 Å². The molecule has 0 aromatic carbocycles. The minimum absolute atomic E-state index is 0.0522. The molecular formula is C20H33NO8. The molecule has 0 aromatic heterocycles. The highest BCUT2D eigenvalue weighted by Crippen LogP contribution is 2.45. The van der Waals surface area contributed by atoms with Crippen LogP contribution in [0.5, 0.6) is 0 Å². The Morgan fingerprint density at radius 2 is 1.72 bits per heavy atom. The van der Waals surface area contributed by atoms with E-state index in [1.807, 2.05) is 20.8 Å². The number of rotatable bonds is 4. The van der Waals surface area contributed by atoms with Gasteiger partial charge in [0, 0.05) is 13.3 Å². The number of hydrogen-bond acceptors (Lipinski definition) is 8. The third-order valence-electron chi connectivity index (χ3n) is 5.72. The number of amides is 1. The molecule has 3 rings (SSSR count). The molecule has 29 heavy (non-hydrogen) atoms. The first kappa shape index (κ1) is 22.4. The lowest BCUT2D eigenvalue weighted by Crippen LogP contribution is -2.60. The van der Waals surface area contributed by atoms with E-state index in [9.17, 15) is 14.7 Å². The van der Waals surface area contributed by atoms with E-state index in [1.165, 1.54) is 11.8 Å². The van der Waals surface area contributed by atoms with E-state index in [0.717, 1.165) is 0 Å². The molecule has 9 nitrogen and oxygen atoms in total. The fourth-order valence-electron chi connectivity index (χ4n) is 4.78. The normalized spacial score (nSPS) is 41.0. The molecule has 6 atom stereocenters. The summed E-state index contributed by atoms with van der Waals surface area (Å²) in [6.07, 6.45) is -1.51. The van der Waals surface area contributed by atoms with Crippen LogP contribution in [0.4, 0.5) is 0 Å². The van der Waals surface area contributed by atoms with Gasteiger partial charge in [-0.3, -0.25) is 9.69 Å². The standard InChI is InChI=1S/C20H33NO8/c1-8-25-17(23)20(24)9-11(2)14(21(20)12(3)22)16-15(28-19(6,7)29-16)13-10-26-18(4,5)27-13/h11,13-16,24H,8-10H2,1-7H3/t11-,13-,14-,15-,16-,20?/m1/s1. The summed E-state index contributed by atoms with van der Waals surface area (Å²) in [5, 5.41) is 11.2. The van der Waals surface area contributed by atoms with Crippen LogP contribution in [0.1, 0.15) is 54.9 Å². The average molecular weight is 415 g/mol. The minimum atomic E-state index is -2.04. The van der Waals surface area contributed by atoms with Crippen molar-refractivity contribution < 1.29 is 38.4 Å². The number of nitrogens with zero attached hydrogens (tertiary/aromatic N) is 1. The fourth-order valence-corrected chi connectivity index (χ4v) is 4.78. The van der Waals surface area contributed by atoms with Crippen molar-refractivity contribution in [2.75, 3.05) is 13.2 Å². The zero-order chi connectivity index (χ0) is 21.8. The topological polar surface area (TPSA) is 104 Å². The number of ether oxygens (including phenoxy) is 5. The highest BCUT2D eigenvalue weighted by atomic mass is 16.8. The molecule has 3 saturated heterocycles. The Hall–Kier alpha value is -1.26. The molecule has 3 fully saturated rings. The van der Waals surface area contributed by atoms with Gasteiger partial charge in [-0.05, 0) is 40.5 Å². The molecular weight excluding hydrogens is 382 g/mol. The van der Waals surface area contributed by atoms with Crippen LogP contribution in [0.3, 0.4) is 0 Å². The van der Waals surface area contributed by atoms with Crippen LogP contribution < -0.4 is 0 Å². The Morgan fingerprint density at radius 1 is 1.10 bits per heavy atom. The number of esters is 1. The maximum absolute atomic E-state index is 12.6. The molecule has 166 valence electrons. The smallest absolute Gasteiger partial charge is 0.359 e. The summed E-state index contributed by atoms with van der Waals surface area (Å²) in [6.45, 7) is 12.5. The van der Waals surface area contributed by atoms with E-state index in [2.05, 4.69) is 0 Å². The molecule has 1 unspecified atom stereocenters. The highest BCUT2D eigenvalue weighted by Gasteiger charge is 2.63. The van der Waals surface area contributed by atoms with Crippen LogP contribution in [-0.2, 0) is 33.3 Å². The molecule has 0 radical (unpaired) electrons. The number of carbonyl (C=O) groups excluding carboxylic acids is 2. The quantitative estimate of drug-likeness (QED) is 0.683. The molecule has 1 N–H and O–H groups in total. The first-order chi connectivity index (χ1) is 13.3. The Morgan fingerprint density at radius 3 is 2.24 bits per heavy atom. The van der Waals surface area contributed by atoms with Crippen molar-refractivity contribution in [2.24, 2.45) is 5.92 Å². The summed E-state index contributed by atoms with van der Waals surface area (Å²) in [5.74, 6) is -3.18. The minimum Gasteiger partial charge on any atom is -0.462 e. The molecule has 0 spiro atoms. The van der Waals surface area contributed by atoms with Crippen molar-refractivity contribution in [2.45, 2.75) is 96.5 Å². The van der Waals surface area contributed by atoms with Gasteiger partial charge in [0.2, 0.25) is 11.6 Å². The fraction of sp³-hybridized carbons (Fsp3) is 0.900. The van der Waals surface area contributed by atoms with Gasteiger partial charge in [0.1, 0.15) is 18.3 Å². The lowest BCUT2D eigenvalue weighted by Gasteiger charge is -2.38. The van der Waals surface area contributed by atoms with E-state index >= 15 is 0 Å². The lowest BCUT2D eigenvalue weighted by atomic mass is 9.91. The molecule has 9 heteroatoms. The molecule has 0 saturated carbocycles. The number of aliphatic hydroxyl groups is 1. The number of likely N-dealkylation sites (tertiary alicyclic amines) is 1. The number of hydrogen-bond donors (Lipinski definition) is 1. The summed E-state index contributed by atoms with van der Waals surface area (Å²) < 4.78 is 29.1. The van der Waals surface area contributed by atoms with Crippen molar-refractivity contribution >= 4 is 11.9 Å². The zero-order valence-corrected chi connectivity index (χ0v) is 18.3. The third kappa shape index (κ3) is 4.03. The zero-order valence-electron chi connectivity index (χ0n) is 18.3. The van der Waals surface area contributed by atoms with Crippen LogP contribution in [0.15, 0.2) is 0 Å². The van der Waals surface area contributed by atoms with Gasteiger partial charge in [0.25, 0.3) is 0 Å². The van der Waals surface area contributed by atoms with Crippen molar-refractivity contribution in [1.82, 2.24) is 4.90 Å². The first-order valence-electron chi connectivity index (χ1n) is 10.2. The van der Waals surface area contributed by atoms with E-state index in [4.69, 9.17) is 23.7 Å². The number of carbonyl (C=O) groups is 2. The predicted molar refractivity (Wildman–Crippen MR) is 100 cm³/mol. The molecule has 0 bridgehead atoms. The van der Waals surface area contributed by atoms with Gasteiger partial charge >= 0.3 is 5.97 Å². The van der Waals surface area contributed by atoms with Crippen LogP contribution in [0.2, 0.25) is 0 Å². The Balaban J connectivity index is 1.95. The van der Waals surface area contributed by atoms with Crippen LogP contribution in [-0.4, -0.2) is 76.7 Å². The molecule has 3 aliphatic heterocycles. The second kappa shape index (κ2) is 7.46. The van der Waals surface area contributed by atoms with Gasteiger partial charge in [-0.2, -0.15) is 0 Å². The van der Waals surface area contributed by atoms with Crippen molar-refractivity contribution in [3.05, 3.63) is 0 Å². The Bertz CT molecular complexity index is 665. The Kier molecular flexibility index (Phi) is 5.77. The van der Waals surface area contributed by atoms with E-state index in [0.29, 0.717) is 6.61 Å². The Labute approximate surface area is 171 Å². The van der Waals surface area contributed by atoms with E-state index < -0.39 is 53.5 Å². The summed E-state index contributed by atoms with van der Waals surface area (Å²) >= 11 is 0. The molecule has 0 aliphatic carbocycles. The second-order valence-electron chi connectivity index (χ2n) is 9.03. The van der Waals surface area contributed by atoms with Gasteiger partial charge in [-0.1, -0.05) is 6.92 Å². The highest BCUT2D eigenvalue weighted by molar-refractivity contribution is 5.86. The molecule has 3 heterocycles. The summed E-state index contributed by atoms with van der Waals surface area (Å²) in [6, 6.07) is -0.596. The SMILES string of the molecule is CCOC(=O)C1(O)C[C@@H](C)[C@H]([C@H]2OC(C)(C)O[C@@H]2[C@H]2COC(C)(C)O2)N1C(C)=O. The van der Waals surface area contributed by atoms with Gasteiger partial charge in [-0.25, -0.2) is 4.79 Å². The summed E-state index contributed by atoms with van der Waals surface area (Å²) in [4.78, 5) is 26.3. The van der Waals surface area contributed by atoms with Crippen LogP contribution >= 0.6 is 0 Å². The van der Waals surface area contributed by atoms with Crippen LogP contribution in [0, 0.1) is 5.92 Å². The van der Waals surface area contributed by atoms with Gasteiger partial charge < -0.3 is 28.8 Å². The van der Waals surface area contributed by atoms with Gasteiger partial charge in [0.05, 0.1) is 19.3 Å². The molecule has 1 amide bonds. The predicted octanol–water partition coefficient (Wildman–Crippen LogP) is 1.17. The monoisotopic (exact) mass is 415 g/mol. The maximum atomic E-state index is 12.6. The third-order valence-corrected chi connectivity index (χ3v) is 5.72. The van der Waals surface area contributed by atoms with Gasteiger partial charge in [0.15, 0.2) is 11.6 Å². The van der Waals surface area contributed by atoms with Gasteiger partial charge in [-0.15, -0.1) is 0 Å². The first-order valence-corrected chi connectivity index (χ1v) is 10.2. The second-order valence-corrected chi connectivity index (χ2v) is 9.03. The summed E-state index contributed by atoms with van der Waals surface area (Å²) in [7, 11) is 0. The van der Waals surface area contributed by atoms with Crippen molar-refractivity contribution in [1.29, 1.82) is 0 Å². The maximum Gasteiger partial charge on any atom is 0.359 e. The summed E-state index contributed by atoms with van der Waals surface area (Å²) in [5.41, 5.74) is -2.04.